The number of rotatable bonds is 5. The Hall–Kier alpha value is -1.10. The molecule has 1 aromatic carbocycles. The standard InChI is InChI=1S/C24H35ClN2O2/c25-20-10-9-18-11-14-27(23(21(18)15-20)19-7-3-1-4-8-19)22(28)16-26-17-24(29)12-5-2-6-13-24/h9-10,15,19,23,26,29H,1-8,11-14,16-17H2. The summed E-state index contributed by atoms with van der Waals surface area (Å²) in [7, 11) is 0. The molecule has 0 radical (unpaired) electrons. The molecule has 2 aliphatic carbocycles. The number of nitrogens with one attached hydrogen (secondary N) is 1. The Morgan fingerprint density at radius 2 is 1.86 bits per heavy atom. The first-order valence-electron chi connectivity index (χ1n) is 11.6. The van der Waals surface area contributed by atoms with Gasteiger partial charge in [-0.3, -0.25) is 4.79 Å². The largest absolute Gasteiger partial charge is 0.389 e. The normalized spacial score (nSPS) is 24.9. The molecule has 160 valence electrons. The van der Waals surface area contributed by atoms with Gasteiger partial charge in [-0.2, -0.15) is 0 Å². The van der Waals surface area contributed by atoms with Crippen LogP contribution < -0.4 is 5.32 Å². The van der Waals surface area contributed by atoms with Crippen LogP contribution in [0.3, 0.4) is 0 Å². The molecule has 0 aromatic heterocycles. The summed E-state index contributed by atoms with van der Waals surface area (Å²) in [5, 5.41) is 14.8. The van der Waals surface area contributed by atoms with E-state index in [1.165, 1.54) is 49.7 Å². The van der Waals surface area contributed by atoms with Gasteiger partial charge in [0.15, 0.2) is 0 Å². The Morgan fingerprint density at radius 3 is 2.62 bits per heavy atom. The van der Waals surface area contributed by atoms with Crippen LogP contribution in [-0.4, -0.2) is 41.1 Å². The molecule has 0 bridgehead atoms. The summed E-state index contributed by atoms with van der Waals surface area (Å²) < 4.78 is 0. The smallest absolute Gasteiger partial charge is 0.237 e. The third-order valence-electron chi connectivity index (χ3n) is 7.32. The van der Waals surface area contributed by atoms with Gasteiger partial charge < -0.3 is 15.3 Å². The summed E-state index contributed by atoms with van der Waals surface area (Å²) in [6.45, 7) is 1.60. The minimum Gasteiger partial charge on any atom is -0.389 e. The second kappa shape index (κ2) is 9.36. The quantitative estimate of drug-likeness (QED) is 0.732. The first-order valence-corrected chi connectivity index (χ1v) is 11.9. The summed E-state index contributed by atoms with van der Waals surface area (Å²) in [5.41, 5.74) is 1.97. The van der Waals surface area contributed by atoms with E-state index in [9.17, 15) is 9.90 Å². The number of aliphatic hydroxyl groups is 1. The molecule has 2 fully saturated rings. The van der Waals surface area contributed by atoms with Crippen molar-refractivity contribution in [1.29, 1.82) is 0 Å². The lowest BCUT2D eigenvalue weighted by Crippen LogP contribution is -2.49. The molecule has 1 aliphatic heterocycles. The van der Waals surface area contributed by atoms with Crippen LogP contribution in [-0.2, 0) is 11.2 Å². The highest BCUT2D eigenvalue weighted by Crippen LogP contribution is 2.42. The molecule has 3 aliphatic rings. The van der Waals surface area contributed by atoms with Gasteiger partial charge in [0.2, 0.25) is 5.91 Å². The van der Waals surface area contributed by atoms with Crippen molar-refractivity contribution in [2.45, 2.75) is 82.3 Å². The summed E-state index contributed by atoms with van der Waals surface area (Å²) in [5.74, 6) is 0.679. The molecular formula is C24H35ClN2O2. The molecule has 4 nitrogen and oxygen atoms in total. The van der Waals surface area contributed by atoms with Crippen LogP contribution in [0.4, 0.5) is 0 Å². The highest BCUT2D eigenvalue weighted by Gasteiger charge is 2.37. The number of benzene rings is 1. The van der Waals surface area contributed by atoms with Crippen molar-refractivity contribution in [2.75, 3.05) is 19.6 Å². The monoisotopic (exact) mass is 418 g/mol. The van der Waals surface area contributed by atoms with Gasteiger partial charge in [0, 0.05) is 18.1 Å². The van der Waals surface area contributed by atoms with Gasteiger partial charge in [0.1, 0.15) is 0 Å². The van der Waals surface area contributed by atoms with Gasteiger partial charge in [0.05, 0.1) is 18.2 Å². The van der Waals surface area contributed by atoms with Crippen molar-refractivity contribution in [3.8, 4) is 0 Å². The SMILES string of the molecule is O=C(CNCC1(O)CCCCC1)N1CCc2ccc(Cl)cc2C1C1CCCCC1. The number of hydrogen-bond acceptors (Lipinski definition) is 3. The molecule has 5 heteroatoms. The van der Waals surface area contributed by atoms with Crippen LogP contribution >= 0.6 is 11.6 Å². The molecule has 2 N–H and O–H groups in total. The minimum absolute atomic E-state index is 0.143. The number of carbonyl (C=O) groups is 1. The van der Waals surface area contributed by atoms with Crippen molar-refractivity contribution in [3.05, 3.63) is 34.3 Å². The molecule has 1 unspecified atom stereocenters. The predicted molar refractivity (Wildman–Crippen MR) is 117 cm³/mol. The molecule has 1 heterocycles. The van der Waals surface area contributed by atoms with Gasteiger partial charge in [-0.25, -0.2) is 0 Å². The molecular weight excluding hydrogens is 384 g/mol. The zero-order valence-corrected chi connectivity index (χ0v) is 18.2. The maximum Gasteiger partial charge on any atom is 0.237 e. The Kier molecular flexibility index (Phi) is 6.83. The van der Waals surface area contributed by atoms with E-state index in [1.54, 1.807) is 0 Å². The number of fused-ring (bicyclic) bond motifs is 1. The molecule has 4 rings (SSSR count). The maximum atomic E-state index is 13.2. The first kappa shape index (κ1) is 21.1. The summed E-state index contributed by atoms with van der Waals surface area (Å²) in [4.78, 5) is 15.3. The second-order valence-corrected chi connectivity index (χ2v) is 9.85. The number of halogens is 1. The number of nitrogens with zero attached hydrogens (tertiary/aromatic N) is 1. The third-order valence-corrected chi connectivity index (χ3v) is 7.55. The molecule has 1 amide bonds. The van der Waals surface area contributed by atoms with Gasteiger partial charge in [-0.15, -0.1) is 0 Å². The van der Waals surface area contributed by atoms with Crippen molar-refractivity contribution in [1.82, 2.24) is 10.2 Å². The van der Waals surface area contributed by atoms with Gasteiger partial charge in [-0.05, 0) is 61.3 Å². The lowest BCUT2D eigenvalue weighted by molar-refractivity contribution is -0.135. The number of amides is 1. The van der Waals surface area contributed by atoms with Gasteiger partial charge in [-0.1, -0.05) is 56.2 Å². The highest BCUT2D eigenvalue weighted by atomic mass is 35.5. The fourth-order valence-corrected chi connectivity index (χ4v) is 5.93. The molecule has 1 aromatic rings. The number of hydrogen-bond donors (Lipinski definition) is 2. The van der Waals surface area contributed by atoms with Gasteiger partial charge >= 0.3 is 0 Å². The van der Waals surface area contributed by atoms with E-state index < -0.39 is 5.60 Å². The van der Waals surface area contributed by atoms with Crippen molar-refractivity contribution in [3.63, 3.8) is 0 Å². The second-order valence-electron chi connectivity index (χ2n) is 9.41. The number of carbonyl (C=O) groups excluding carboxylic acids is 1. The fourth-order valence-electron chi connectivity index (χ4n) is 5.75. The Labute approximate surface area is 180 Å². The summed E-state index contributed by atoms with van der Waals surface area (Å²) in [6.07, 6.45) is 12.1. The fraction of sp³-hybridized carbons (Fsp3) is 0.708. The minimum atomic E-state index is -0.636. The van der Waals surface area contributed by atoms with Crippen molar-refractivity contribution < 1.29 is 9.90 Å². The molecule has 2 saturated carbocycles. The van der Waals surface area contributed by atoms with Crippen LogP contribution in [0.5, 0.6) is 0 Å². The van der Waals surface area contributed by atoms with Crippen molar-refractivity contribution in [2.24, 2.45) is 5.92 Å². The zero-order chi connectivity index (χ0) is 20.3. The van der Waals surface area contributed by atoms with Gasteiger partial charge in [0.25, 0.3) is 0 Å². The van der Waals surface area contributed by atoms with E-state index >= 15 is 0 Å². The van der Waals surface area contributed by atoms with E-state index in [1.807, 2.05) is 6.07 Å². The lowest BCUT2D eigenvalue weighted by Gasteiger charge is -2.43. The van der Waals surface area contributed by atoms with E-state index in [4.69, 9.17) is 11.6 Å². The Balaban J connectivity index is 1.46. The Morgan fingerprint density at radius 1 is 1.14 bits per heavy atom. The average molecular weight is 419 g/mol. The molecule has 0 saturated heterocycles. The van der Waals surface area contributed by atoms with Crippen LogP contribution in [0, 0.1) is 5.92 Å². The zero-order valence-electron chi connectivity index (χ0n) is 17.5. The Bertz CT molecular complexity index is 711. The van der Waals surface area contributed by atoms with E-state index in [2.05, 4.69) is 22.3 Å². The first-order chi connectivity index (χ1) is 14.1. The molecule has 1 atom stereocenters. The third kappa shape index (κ3) is 4.98. The van der Waals surface area contributed by atoms with E-state index in [0.717, 1.165) is 43.7 Å². The van der Waals surface area contributed by atoms with Crippen LogP contribution in [0.2, 0.25) is 5.02 Å². The predicted octanol–water partition coefficient (Wildman–Crippen LogP) is 4.63. The lowest BCUT2D eigenvalue weighted by atomic mass is 9.77. The highest BCUT2D eigenvalue weighted by molar-refractivity contribution is 6.30. The van der Waals surface area contributed by atoms with E-state index in [-0.39, 0.29) is 11.9 Å². The maximum absolute atomic E-state index is 13.2. The summed E-state index contributed by atoms with van der Waals surface area (Å²) in [6, 6.07) is 6.35. The van der Waals surface area contributed by atoms with Crippen LogP contribution in [0.1, 0.15) is 81.4 Å². The van der Waals surface area contributed by atoms with Crippen LogP contribution in [0.25, 0.3) is 0 Å². The van der Waals surface area contributed by atoms with Crippen LogP contribution in [0.15, 0.2) is 18.2 Å². The molecule has 0 spiro atoms. The van der Waals surface area contributed by atoms with Crippen molar-refractivity contribution >= 4 is 17.5 Å². The van der Waals surface area contributed by atoms with E-state index in [0.29, 0.717) is 19.0 Å². The topological polar surface area (TPSA) is 52.6 Å². The molecule has 29 heavy (non-hydrogen) atoms. The summed E-state index contributed by atoms with van der Waals surface area (Å²) >= 11 is 6.35. The average Bonchev–Trinajstić information content (AvgIpc) is 2.73.